The van der Waals surface area contributed by atoms with Crippen molar-refractivity contribution in [2.75, 3.05) is 7.05 Å². The van der Waals surface area contributed by atoms with Gasteiger partial charge >= 0.3 is 0 Å². The Bertz CT molecular complexity index is 930. The molecule has 0 heterocycles. The standard InChI is InChI=1S/C23H22N2O2S/c1-24-22(26)19-12-8-9-17(15-19)16-25-23(27)21(18-10-4-2-5-11-18)28-20-13-6-3-7-14-20/h2-15,21H,16H2,1H3,(H,24,26)(H,25,27). The molecule has 3 aromatic rings. The molecule has 3 rings (SSSR count). The fourth-order valence-electron chi connectivity index (χ4n) is 2.78. The maximum absolute atomic E-state index is 13.0. The average molecular weight is 391 g/mol. The molecule has 4 nitrogen and oxygen atoms in total. The van der Waals surface area contributed by atoms with E-state index in [1.807, 2.05) is 72.8 Å². The lowest BCUT2D eigenvalue weighted by Crippen LogP contribution is -2.27. The van der Waals surface area contributed by atoms with Crippen molar-refractivity contribution in [1.29, 1.82) is 0 Å². The van der Waals surface area contributed by atoms with Crippen molar-refractivity contribution in [3.63, 3.8) is 0 Å². The van der Waals surface area contributed by atoms with E-state index in [-0.39, 0.29) is 17.1 Å². The van der Waals surface area contributed by atoms with Crippen LogP contribution in [-0.2, 0) is 11.3 Å². The van der Waals surface area contributed by atoms with Crippen LogP contribution in [0.5, 0.6) is 0 Å². The van der Waals surface area contributed by atoms with Crippen LogP contribution >= 0.6 is 11.8 Å². The predicted molar refractivity (Wildman–Crippen MR) is 113 cm³/mol. The van der Waals surface area contributed by atoms with Crippen molar-refractivity contribution >= 4 is 23.6 Å². The third-order valence-electron chi connectivity index (χ3n) is 4.22. The van der Waals surface area contributed by atoms with Gasteiger partial charge in [0.05, 0.1) is 0 Å². The maximum Gasteiger partial charge on any atom is 0.251 e. The molecular formula is C23H22N2O2S. The van der Waals surface area contributed by atoms with Crippen LogP contribution in [-0.4, -0.2) is 18.9 Å². The van der Waals surface area contributed by atoms with Gasteiger partial charge in [0, 0.05) is 24.1 Å². The van der Waals surface area contributed by atoms with Crippen molar-refractivity contribution in [2.45, 2.75) is 16.7 Å². The van der Waals surface area contributed by atoms with Crippen LogP contribution in [0.15, 0.2) is 89.8 Å². The second-order valence-electron chi connectivity index (χ2n) is 6.22. The molecule has 0 bridgehead atoms. The zero-order valence-electron chi connectivity index (χ0n) is 15.6. The van der Waals surface area contributed by atoms with Gasteiger partial charge in [0.2, 0.25) is 5.91 Å². The Balaban J connectivity index is 1.74. The molecule has 0 fully saturated rings. The second-order valence-corrected chi connectivity index (χ2v) is 7.40. The van der Waals surface area contributed by atoms with Crippen molar-refractivity contribution in [1.82, 2.24) is 10.6 Å². The molecular weight excluding hydrogens is 368 g/mol. The number of rotatable bonds is 7. The molecule has 0 radical (unpaired) electrons. The summed E-state index contributed by atoms with van der Waals surface area (Å²) in [7, 11) is 1.60. The fraction of sp³-hybridized carbons (Fsp3) is 0.130. The maximum atomic E-state index is 13.0. The fourth-order valence-corrected chi connectivity index (χ4v) is 3.85. The van der Waals surface area contributed by atoms with Crippen LogP contribution in [0.4, 0.5) is 0 Å². The summed E-state index contributed by atoms with van der Waals surface area (Å²) in [5.41, 5.74) is 2.41. The third kappa shape index (κ3) is 5.24. The van der Waals surface area contributed by atoms with E-state index in [1.165, 1.54) is 11.8 Å². The molecule has 0 aliphatic heterocycles. The van der Waals surface area contributed by atoms with E-state index < -0.39 is 0 Å². The van der Waals surface area contributed by atoms with E-state index in [2.05, 4.69) is 10.6 Å². The predicted octanol–water partition coefficient (Wildman–Crippen LogP) is 4.20. The molecule has 28 heavy (non-hydrogen) atoms. The molecule has 2 N–H and O–H groups in total. The number of carbonyl (C=O) groups excluding carboxylic acids is 2. The van der Waals surface area contributed by atoms with Gasteiger partial charge in [0.1, 0.15) is 5.25 Å². The topological polar surface area (TPSA) is 58.2 Å². The Morgan fingerprint density at radius 1 is 0.893 bits per heavy atom. The zero-order valence-corrected chi connectivity index (χ0v) is 16.4. The number of thioether (sulfide) groups is 1. The Labute approximate surface area is 169 Å². The number of amides is 2. The van der Waals surface area contributed by atoms with Gasteiger partial charge in [0.25, 0.3) is 5.91 Å². The molecule has 0 saturated heterocycles. The summed E-state index contributed by atoms with van der Waals surface area (Å²) in [6.07, 6.45) is 0. The van der Waals surface area contributed by atoms with Gasteiger partial charge < -0.3 is 10.6 Å². The minimum atomic E-state index is -0.356. The van der Waals surface area contributed by atoms with E-state index >= 15 is 0 Å². The number of nitrogens with one attached hydrogen (secondary N) is 2. The summed E-state index contributed by atoms with van der Waals surface area (Å²) in [6, 6.07) is 26.9. The Morgan fingerprint density at radius 3 is 2.25 bits per heavy atom. The molecule has 2 amide bonds. The van der Waals surface area contributed by atoms with Crippen LogP contribution in [0.2, 0.25) is 0 Å². The van der Waals surface area contributed by atoms with Crippen molar-refractivity contribution < 1.29 is 9.59 Å². The first-order valence-corrected chi connectivity index (χ1v) is 9.90. The van der Waals surface area contributed by atoms with Crippen molar-refractivity contribution in [2.24, 2.45) is 0 Å². The normalized spacial score (nSPS) is 11.5. The quantitative estimate of drug-likeness (QED) is 0.595. The summed E-state index contributed by atoms with van der Waals surface area (Å²) in [5, 5.41) is 5.27. The molecule has 5 heteroatoms. The molecule has 0 aliphatic rings. The lowest BCUT2D eigenvalue weighted by atomic mass is 10.1. The zero-order chi connectivity index (χ0) is 19.8. The molecule has 0 aromatic heterocycles. The van der Waals surface area contributed by atoms with Crippen molar-refractivity contribution in [3.05, 3.63) is 102 Å². The minimum absolute atomic E-state index is 0.0644. The highest BCUT2D eigenvalue weighted by Gasteiger charge is 2.21. The lowest BCUT2D eigenvalue weighted by Gasteiger charge is -2.17. The Kier molecular flexibility index (Phi) is 6.87. The monoisotopic (exact) mass is 390 g/mol. The highest BCUT2D eigenvalue weighted by molar-refractivity contribution is 8.00. The molecule has 142 valence electrons. The molecule has 0 spiro atoms. The highest BCUT2D eigenvalue weighted by Crippen LogP contribution is 2.35. The molecule has 0 saturated carbocycles. The summed E-state index contributed by atoms with van der Waals surface area (Å²) < 4.78 is 0. The van der Waals surface area contributed by atoms with Gasteiger partial charge in [-0.15, -0.1) is 11.8 Å². The second kappa shape index (κ2) is 9.76. The number of benzene rings is 3. The molecule has 3 aromatic carbocycles. The van der Waals surface area contributed by atoms with Gasteiger partial charge in [-0.2, -0.15) is 0 Å². The number of hydrogen-bond acceptors (Lipinski definition) is 3. The molecule has 1 unspecified atom stereocenters. The van der Waals surface area contributed by atoms with E-state index in [1.54, 1.807) is 19.2 Å². The van der Waals surface area contributed by atoms with Crippen LogP contribution in [0.3, 0.4) is 0 Å². The lowest BCUT2D eigenvalue weighted by molar-refractivity contribution is -0.120. The SMILES string of the molecule is CNC(=O)c1cccc(CNC(=O)C(Sc2ccccc2)c2ccccc2)c1. The first-order valence-electron chi connectivity index (χ1n) is 9.03. The first-order chi connectivity index (χ1) is 13.7. The van der Waals surface area contributed by atoms with Gasteiger partial charge in [-0.1, -0.05) is 60.7 Å². The summed E-state index contributed by atoms with van der Waals surface area (Å²) in [6.45, 7) is 0.363. The van der Waals surface area contributed by atoms with E-state index in [9.17, 15) is 9.59 Å². The van der Waals surface area contributed by atoms with E-state index in [0.29, 0.717) is 12.1 Å². The average Bonchev–Trinajstić information content (AvgIpc) is 2.76. The van der Waals surface area contributed by atoms with E-state index in [4.69, 9.17) is 0 Å². The molecule has 0 aliphatic carbocycles. The number of carbonyl (C=O) groups is 2. The van der Waals surface area contributed by atoms with Gasteiger partial charge in [-0.05, 0) is 35.4 Å². The van der Waals surface area contributed by atoms with Gasteiger partial charge in [0.15, 0.2) is 0 Å². The van der Waals surface area contributed by atoms with Crippen LogP contribution in [0.25, 0.3) is 0 Å². The minimum Gasteiger partial charge on any atom is -0.355 e. The summed E-state index contributed by atoms with van der Waals surface area (Å²) in [4.78, 5) is 25.8. The van der Waals surface area contributed by atoms with Gasteiger partial charge in [-0.25, -0.2) is 0 Å². The van der Waals surface area contributed by atoms with Crippen LogP contribution < -0.4 is 10.6 Å². The van der Waals surface area contributed by atoms with E-state index in [0.717, 1.165) is 16.0 Å². The first kappa shape index (κ1) is 19.7. The Morgan fingerprint density at radius 2 is 1.57 bits per heavy atom. The van der Waals surface area contributed by atoms with Gasteiger partial charge in [-0.3, -0.25) is 9.59 Å². The summed E-state index contributed by atoms with van der Waals surface area (Å²) in [5.74, 6) is -0.208. The van der Waals surface area contributed by atoms with Crippen molar-refractivity contribution in [3.8, 4) is 0 Å². The Hall–Kier alpha value is -3.05. The molecule has 1 atom stereocenters. The number of hydrogen-bond donors (Lipinski definition) is 2. The largest absolute Gasteiger partial charge is 0.355 e. The summed E-state index contributed by atoms with van der Waals surface area (Å²) >= 11 is 1.52. The smallest absolute Gasteiger partial charge is 0.251 e. The van der Waals surface area contributed by atoms with Crippen LogP contribution in [0.1, 0.15) is 26.7 Å². The van der Waals surface area contributed by atoms with Crippen LogP contribution in [0, 0.1) is 0 Å². The highest BCUT2D eigenvalue weighted by atomic mass is 32.2. The third-order valence-corrected chi connectivity index (χ3v) is 5.49.